The van der Waals surface area contributed by atoms with Gasteiger partial charge in [0.05, 0.1) is 15.4 Å². The fraction of sp³-hybridized carbons (Fsp3) is 0.286. The van der Waals surface area contributed by atoms with Crippen molar-refractivity contribution >= 4 is 46.4 Å². The summed E-state index contributed by atoms with van der Waals surface area (Å²) in [5.41, 5.74) is 1.77. The molecule has 5 nitrogen and oxygen atoms in total. The second kappa shape index (κ2) is 9.11. The molecule has 0 bridgehead atoms. The second-order valence-corrected chi connectivity index (χ2v) is 8.87. The molecule has 0 radical (unpaired) electrons. The third-order valence-electron chi connectivity index (χ3n) is 4.87. The van der Waals surface area contributed by atoms with E-state index in [1.165, 1.54) is 17.8 Å². The normalized spacial score (nSPS) is 13.7. The van der Waals surface area contributed by atoms with Crippen molar-refractivity contribution in [2.45, 2.75) is 31.7 Å². The summed E-state index contributed by atoms with van der Waals surface area (Å²) in [5.74, 6) is 0.541. The summed E-state index contributed by atoms with van der Waals surface area (Å²) in [6.07, 6.45) is 5.97. The van der Waals surface area contributed by atoms with Crippen LogP contribution in [0.2, 0.25) is 10.0 Å². The molecule has 1 amide bonds. The molecule has 1 aliphatic carbocycles. The van der Waals surface area contributed by atoms with Crippen molar-refractivity contribution in [1.29, 1.82) is 0 Å². The van der Waals surface area contributed by atoms with E-state index in [1.54, 1.807) is 18.3 Å². The Labute approximate surface area is 183 Å². The standard InChI is InChI=1S/C21H20Cl2N4OS/c22-14-5-4-13(16(23)12-14)8-10-24-20(28)19-7-6-18(29-19)17-9-11-25-21(27-17)26-15-2-1-3-15/h4-7,9,11-12,15H,1-3,8,10H2,(H,24,28)(H,25,26,27). The first-order chi connectivity index (χ1) is 14.1. The van der Waals surface area contributed by atoms with E-state index in [-0.39, 0.29) is 5.91 Å². The SMILES string of the molecule is O=C(NCCc1ccc(Cl)cc1Cl)c1ccc(-c2ccnc(NC3CCC3)n2)s1. The molecule has 1 aliphatic rings. The number of anilines is 1. The van der Waals surface area contributed by atoms with Crippen LogP contribution in [0.3, 0.4) is 0 Å². The van der Waals surface area contributed by atoms with Crippen molar-refractivity contribution < 1.29 is 4.79 Å². The molecule has 29 heavy (non-hydrogen) atoms. The zero-order valence-electron chi connectivity index (χ0n) is 15.6. The molecule has 8 heteroatoms. The minimum Gasteiger partial charge on any atom is -0.351 e. The van der Waals surface area contributed by atoms with Crippen LogP contribution < -0.4 is 10.6 Å². The Kier molecular flexibility index (Phi) is 6.33. The molecule has 1 saturated carbocycles. The van der Waals surface area contributed by atoms with Gasteiger partial charge in [0.25, 0.3) is 5.91 Å². The van der Waals surface area contributed by atoms with Crippen LogP contribution in [0, 0.1) is 0 Å². The molecule has 1 fully saturated rings. The van der Waals surface area contributed by atoms with Crippen LogP contribution in [-0.2, 0) is 6.42 Å². The number of nitrogens with one attached hydrogen (secondary N) is 2. The number of nitrogens with zero attached hydrogens (tertiary/aromatic N) is 2. The van der Waals surface area contributed by atoms with Crippen LogP contribution >= 0.6 is 34.5 Å². The third kappa shape index (κ3) is 5.07. The quantitative estimate of drug-likeness (QED) is 0.506. The number of aromatic nitrogens is 2. The number of hydrogen-bond acceptors (Lipinski definition) is 5. The lowest BCUT2D eigenvalue weighted by Gasteiger charge is -2.26. The number of amides is 1. The number of carbonyl (C=O) groups excluding carboxylic acids is 1. The topological polar surface area (TPSA) is 66.9 Å². The number of halogens is 2. The maximum atomic E-state index is 12.5. The second-order valence-electron chi connectivity index (χ2n) is 6.94. The van der Waals surface area contributed by atoms with Gasteiger partial charge in [-0.3, -0.25) is 4.79 Å². The Bertz CT molecular complexity index is 1020. The number of thiophene rings is 1. The Balaban J connectivity index is 1.35. The van der Waals surface area contributed by atoms with E-state index in [0.717, 1.165) is 29.0 Å². The minimum absolute atomic E-state index is 0.104. The van der Waals surface area contributed by atoms with Gasteiger partial charge in [-0.05, 0) is 61.6 Å². The molecule has 1 aromatic carbocycles. The van der Waals surface area contributed by atoms with Crippen LogP contribution in [0.5, 0.6) is 0 Å². The van der Waals surface area contributed by atoms with Gasteiger partial charge in [0.2, 0.25) is 5.95 Å². The molecule has 2 heterocycles. The van der Waals surface area contributed by atoms with Gasteiger partial charge in [0.1, 0.15) is 0 Å². The van der Waals surface area contributed by atoms with Crippen molar-refractivity contribution in [2.24, 2.45) is 0 Å². The maximum absolute atomic E-state index is 12.5. The summed E-state index contributed by atoms with van der Waals surface area (Å²) in [6.45, 7) is 0.496. The van der Waals surface area contributed by atoms with Crippen molar-refractivity contribution in [1.82, 2.24) is 15.3 Å². The van der Waals surface area contributed by atoms with Crippen molar-refractivity contribution in [2.75, 3.05) is 11.9 Å². The van der Waals surface area contributed by atoms with Crippen LogP contribution in [0.25, 0.3) is 10.6 Å². The van der Waals surface area contributed by atoms with Crippen LogP contribution in [0.4, 0.5) is 5.95 Å². The lowest BCUT2D eigenvalue weighted by Crippen LogP contribution is -2.27. The largest absolute Gasteiger partial charge is 0.351 e. The molecule has 0 atom stereocenters. The van der Waals surface area contributed by atoms with Gasteiger partial charge >= 0.3 is 0 Å². The summed E-state index contributed by atoms with van der Waals surface area (Å²) < 4.78 is 0. The van der Waals surface area contributed by atoms with Crippen molar-refractivity contribution in [3.8, 4) is 10.6 Å². The van der Waals surface area contributed by atoms with Gasteiger partial charge in [-0.25, -0.2) is 9.97 Å². The van der Waals surface area contributed by atoms with Crippen LogP contribution in [0.1, 0.15) is 34.5 Å². The van der Waals surface area contributed by atoms with Gasteiger partial charge < -0.3 is 10.6 Å². The first-order valence-electron chi connectivity index (χ1n) is 9.50. The maximum Gasteiger partial charge on any atom is 0.261 e. The lowest BCUT2D eigenvalue weighted by molar-refractivity contribution is 0.0958. The summed E-state index contributed by atoms with van der Waals surface area (Å²) in [5, 5.41) is 7.51. The highest BCUT2D eigenvalue weighted by Crippen LogP contribution is 2.28. The van der Waals surface area contributed by atoms with Crippen LogP contribution in [-0.4, -0.2) is 28.5 Å². The van der Waals surface area contributed by atoms with E-state index in [9.17, 15) is 4.79 Å². The number of carbonyl (C=O) groups is 1. The fourth-order valence-corrected chi connectivity index (χ4v) is 4.42. The molecular formula is C21H20Cl2N4OS. The Hall–Kier alpha value is -2.15. The predicted molar refractivity (Wildman–Crippen MR) is 119 cm³/mol. The summed E-state index contributed by atoms with van der Waals surface area (Å²) in [7, 11) is 0. The van der Waals surface area contributed by atoms with Crippen molar-refractivity contribution in [3.05, 3.63) is 63.1 Å². The van der Waals surface area contributed by atoms with Gasteiger partial charge in [0.15, 0.2) is 0 Å². The highest BCUT2D eigenvalue weighted by molar-refractivity contribution is 7.17. The molecule has 4 rings (SSSR count). The molecular weight excluding hydrogens is 427 g/mol. The fourth-order valence-electron chi connectivity index (χ4n) is 3.02. The molecule has 150 valence electrons. The van der Waals surface area contributed by atoms with E-state index < -0.39 is 0 Å². The van der Waals surface area contributed by atoms with Gasteiger partial charge in [-0.1, -0.05) is 29.3 Å². The Morgan fingerprint density at radius 2 is 2.03 bits per heavy atom. The number of benzene rings is 1. The van der Waals surface area contributed by atoms with E-state index in [2.05, 4.69) is 20.6 Å². The molecule has 3 aromatic rings. The molecule has 2 N–H and O–H groups in total. The van der Waals surface area contributed by atoms with Crippen molar-refractivity contribution in [3.63, 3.8) is 0 Å². The van der Waals surface area contributed by atoms with E-state index in [0.29, 0.717) is 39.9 Å². The summed E-state index contributed by atoms with van der Waals surface area (Å²) >= 11 is 13.5. The van der Waals surface area contributed by atoms with Gasteiger partial charge in [0, 0.05) is 28.8 Å². The highest BCUT2D eigenvalue weighted by atomic mass is 35.5. The lowest BCUT2D eigenvalue weighted by atomic mass is 9.93. The van der Waals surface area contributed by atoms with E-state index in [1.807, 2.05) is 24.3 Å². The van der Waals surface area contributed by atoms with Gasteiger partial charge in [-0.2, -0.15) is 0 Å². The molecule has 0 saturated heterocycles. The smallest absolute Gasteiger partial charge is 0.261 e. The zero-order valence-corrected chi connectivity index (χ0v) is 17.9. The first kappa shape index (κ1) is 20.1. The highest BCUT2D eigenvalue weighted by Gasteiger charge is 2.18. The molecule has 0 spiro atoms. The zero-order chi connectivity index (χ0) is 20.2. The first-order valence-corrected chi connectivity index (χ1v) is 11.1. The Morgan fingerprint density at radius 1 is 1.17 bits per heavy atom. The predicted octanol–water partition coefficient (Wildman–Crippen LogP) is 5.45. The summed E-state index contributed by atoms with van der Waals surface area (Å²) in [4.78, 5) is 22.9. The Morgan fingerprint density at radius 3 is 2.79 bits per heavy atom. The average Bonchev–Trinajstić information content (AvgIpc) is 3.17. The minimum atomic E-state index is -0.104. The number of hydrogen-bond donors (Lipinski definition) is 2. The van der Waals surface area contributed by atoms with E-state index >= 15 is 0 Å². The molecule has 0 unspecified atom stereocenters. The third-order valence-corrected chi connectivity index (χ3v) is 6.56. The number of rotatable bonds is 7. The monoisotopic (exact) mass is 446 g/mol. The molecule has 0 aliphatic heterocycles. The van der Waals surface area contributed by atoms with E-state index in [4.69, 9.17) is 23.2 Å². The average molecular weight is 447 g/mol. The van der Waals surface area contributed by atoms with Gasteiger partial charge in [-0.15, -0.1) is 11.3 Å². The molecule has 2 aromatic heterocycles. The summed E-state index contributed by atoms with van der Waals surface area (Å²) in [6, 6.07) is 11.5. The van der Waals surface area contributed by atoms with Crippen LogP contribution in [0.15, 0.2) is 42.6 Å².